The molecule has 3 fully saturated rings. The molecular formula is C31H46N6O5. The normalized spacial score (nSPS) is 22.0. The number of benzene rings is 1. The molecule has 3 saturated heterocycles. The van der Waals surface area contributed by atoms with E-state index >= 15 is 0 Å². The molecule has 0 aliphatic carbocycles. The number of fused-ring (bicyclic) bond motifs is 1. The Morgan fingerprint density at radius 1 is 0.976 bits per heavy atom. The van der Waals surface area contributed by atoms with Crippen molar-refractivity contribution in [3.05, 3.63) is 34.2 Å². The first-order valence-corrected chi connectivity index (χ1v) is 15.5. The first-order chi connectivity index (χ1) is 20.0. The van der Waals surface area contributed by atoms with E-state index in [0.717, 1.165) is 82.4 Å². The molecule has 0 spiro atoms. The van der Waals surface area contributed by atoms with Gasteiger partial charge in [0.25, 0.3) is 0 Å². The number of carbonyl (C=O) groups excluding carboxylic acids is 3. The highest BCUT2D eigenvalue weighted by Gasteiger charge is 2.33. The number of hydrogen-bond acceptors (Lipinski definition) is 7. The van der Waals surface area contributed by atoms with Gasteiger partial charge in [0.2, 0.25) is 11.8 Å². The van der Waals surface area contributed by atoms with Gasteiger partial charge in [0.1, 0.15) is 11.6 Å². The fourth-order valence-corrected chi connectivity index (χ4v) is 6.79. The average molecular weight is 583 g/mol. The van der Waals surface area contributed by atoms with Crippen molar-refractivity contribution in [2.45, 2.75) is 89.3 Å². The van der Waals surface area contributed by atoms with Gasteiger partial charge < -0.3 is 19.9 Å². The predicted octanol–water partition coefficient (Wildman–Crippen LogP) is 2.88. The second-order valence-electron chi connectivity index (χ2n) is 13.1. The zero-order valence-corrected chi connectivity index (χ0v) is 25.5. The summed E-state index contributed by atoms with van der Waals surface area (Å²) in [6, 6.07) is 5.54. The van der Waals surface area contributed by atoms with E-state index in [0.29, 0.717) is 12.3 Å². The molecular weight excluding hydrogens is 536 g/mol. The summed E-state index contributed by atoms with van der Waals surface area (Å²) in [5.74, 6) is -0.333. The number of imide groups is 1. The third kappa shape index (κ3) is 6.89. The first kappa shape index (κ1) is 30.3. The Balaban J connectivity index is 1.11. The van der Waals surface area contributed by atoms with Gasteiger partial charge in [-0.05, 0) is 103 Å². The summed E-state index contributed by atoms with van der Waals surface area (Å²) in [5, 5.41) is 5.40. The minimum atomic E-state index is -0.664. The molecule has 3 amide bonds. The summed E-state index contributed by atoms with van der Waals surface area (Å²) >= 11 is 0. The zero-order chi connectivity index (χ0) is 30.0. The highest BCUT2D eigenvalue weighted by Crippen LogP contribution is 2.34. The minimum Gasteiger partial charge on any atom is -0.444 e. The van der Waals surface area contributed by atoms with Gasteiger partial charge in [-0.3, -0.25) is 24.0 Å². The number of aryl methyl sites for hydroxylation is 1. The Bertz CT molecular complexity index is 1360. The summed E-state index contributed by atoms with van der Waals surface area (Å²) in [4.78, 5) is 54.6. The second kappa shape index (κ2) is 12.6. The molecule has 0 radical (unpaired) electrons. The van der Waals surface area contributed by atoms with E-state index in [-0.39, 0.29) is 30.2 Å². The molecule has 0 bridgehead atoms. The second-order valence-corrected chi connectivity index (χ2v) is 13.1. The highest BCUT2D eigenvalue weighted by molar-refractivity contribution is 6.00. The van der Waals surface area contributed by atoms with Crippen LogP contribution in [0.25, 0.3) is 11.0 Å². The van der Waals surface area contributed by atoms with E-state index < -0.39 is 17.6 Å². The maximum Gasteiger partial charge on any atom is 0.407 e. The number of nitrogens with zero attached hydrogens (tertiary/aromatic N) is 4. The molecule has 42 heavy (non-hydrogen) atoms. The number of nitrogens with one attached hydrogen (secondary N) is 2. The van der Waals surface area contributed by atoms with Crippen molar-refractivity contribution in [2.24, 2.45) is 7.05 Å². The number of alkyl carbamates (subject to hydrolysis) is 1. The summed E-state index contributed by atoms with van der Waals surface area (Å²) < 4.78 is 8.64. The lowest BCUT2D eigenvalue weighted by molar-refractivity contribution is -0.135. The first-order valence-electron chi connectivity index (χ1n) is 15.5. The van der Waals surface area contributed by atoms with E-state index in [1.807, 2.05) is 32.9 Å². The lowest BCUT2D eigenvalue weighted by Crippen LogP contribution is -2.46. The maximum absolute atomic E-state index is 13.3. The van der Waals surface area contributed by atoms with Gasteiger partial charge in [0.15, 0.2) is 0 Å². The molecule has 3 aliphatic heterocycles. The number of aromatic nitrogens is 2. The third-order valence-corrected chi connectivity index (χ3v) is 8.94. The highest BCUT2D eigenvalue weighted by atomic mass is 16.6. The molecule has 1 aromatic carbocycles. The molecule has 11 nitrogen and oxygen atoms in total. The number of imidazole rings is 1. The Labute approximate surface area is 247 Å². The number of rotatable bonds is 7. The van der Waals surface area contributed by atoms with Gasteiger partial charge in [-0.15, -0.1) is 0 Å². The van der Waals surface area contributed by atoms with Crippen LogP contribution in [0.5, 0.6) is 0 Å². The number of ether oxygens (including phenoxy) is 1. The molecule has 3 aliphatic rings. The van der Waals surface area contributed by atoms with E-state index in [2.05, 4.69) is 26.5 Å². The average Bonchev–Trinajstić information content (AvgIpc) is 3.19. The predicted molar refractivity (Wildman–Crippen MR) is 160 cm³/mol. The van der Waals surface area contributed by atoms with Crippen LogP contribution in [-0.2, 0) is 21.4 Å². The Hall–Kier alpha value is -3.18. The molecule has 4 heterocycles. The monoisotopic (exact) mass is 582 g/mol. The van der Waals surface area contributed by atoms with Crippen molar-refractivity contribution in [2.75, 3.05) is 39.3 Å². The van der Waals surface area contributed by atoms with Crippen molar-refractivity contribution in [3.63, 3.8) is 0 Å². The summed E-state index contributed by atoms with van der Waals surface area (Å²) in [6.07, 6.45) is 5.32. The molecule has 1 atom stereocenters. The van der Waals surface area contributed by atoms with Crippen LogP contribution in [0.15, 0.2) is 23.0 Å². The van der Waals surface area contributed by atoms with Crippen LogP contribution in [0.1, 0.15) is 83.2 Å². The van der Waals surface area contributed by atoms with Crippen LogP contribution < -0.4 is 16.3 Å². The lowest BCUT2D eigenvalue weighted by atomic mass is 9.88. The van der Waals surface area contributed by atoms with E-state index in [1.165, 1.54) is 5.56 Å². The van der Waals surface area contributed by atoms with E-state index in [9.17, 15) is 19.2 Å². The molecule has 0 saturated carbocycles. The van der Waals surface area contributed by atoms with Crippen molar-refractivity contribution in [1.82, 2.24) is 29.6 Å². The quantitative estimate of drug-likeness (QED) is 0.482. The Morgan fingerprint density at radius 3 is 2.24 bits per heavy atom. The summed E-state index contributed by atoms with van der Waals surface area (Å²) in [6.45, 7) is 11.8. The standard InChI is InChI=1S/C31H46N6O5/c1-31(2,3)42-29(40)32-22-13-19-36(20-14-22)16-6-15-35-17-11-21(12-18-35)23-7-5-8-24-27(23)34(4)30(41)37(24)25-9-10-26(38)33-28(25)39/h5,7-8,21-22,25H,6,9-20H2,1-4H3,(H,32,40)(H,33,38,39). The van der Waals surface area contributed by atoms with Gasteiger partial charge in [-0.2, -0.15) is 0 Å². The largest absolute Gasteiger partial charge is 0.444 e. The summed E-state index contributed by atoms with van der Waals surface area (Å²) in [7, 11) is 1.78. The van der Waals surface area contributed by atoms with Gasteiger partial charge in [-0.25, -0.2) is 9.59 Å². The topological polar surface area (TPSA) is 118 Å². The number of hydrogen-bond donors (Lipinski definition) is 2. The molecule has 2 N–H and O–H groups in total. The minimum absolute atomic E-state index is 0.181. The molecule has 5 rings (SSSR count). The Kier molecular flexibility index (Phi) is 9.08. The molecule has 2 aromatic rings. The molecule has 1 aromatic heterocycles. The van der Waals surface area contributed by atoms with Gasteiger partial charge in [0, 0.05) is 32.6 Å². The number of piperidine rings is 3. The Morgan fingerprint density at radius 2 is 1.62 bits per heavy atom. The van der Waals surface area contributed by atoms with Gasteiger partial charge in [-0.1, -0.05) is 12.1 Å². The molecule has 11 heteroatoms. The van der Waals surface area contributed by atoms with E-state index in [1.54, 1.807) is 16.2 Å². The molecule has 230 valence electrons. The van der Waals surface area contributed by atoms with Crippen LogP contribution in [0.2, 0.25) is 0 Å². The smallest absolute Gasteiger partial charge is 0.407 e. The SMILES string of the molecule is Cn1c(=O)n(C2CCC(=O)NC2=O)c2cccc(C3CCN(CCCN4CCC(NC(=O)OC(C)(C)C)CC4)CC3)c21. The number of amides is 3. The molecule has 1 unspecified atom stereocenters. The van der Waals surface area contributed by atoms with Crippen LogP contribution in [0, 0.1) is 0 Å². The van der Waals surface area contributed by atoms with Crippen molar-refractivity contribution in [3.8, 4) is 0 Å². The van der Waals surface area contributed by atoms with E-state index in [4.69, 9.17) is 4.74 Å². The zero-order valence-electron chi connectivity index (χ0n) is 25.5. The summed E-state index contributed by atoms with van der Waals surface area (Å²) in [5.41, 5.74) is 2.14. The number of para-hydroxylation sites is 1. The third-order valence-electron chi connectivity index (χ3n) is 8.94. The van der Waals surface area contributed by atoms with Crippen LogP contribution in [0.3, 0.4) is 0 Å². The number of likely N-dealkylation sites (tertiary alicyclic amines) is 2. The van der Waals surface area contributed by atoms with Crippen molar-refractivity contribution in [1.29, 1.82) is 0 Å². The van der Waals surface area contributed by atoms with Crippen molar-refractivity contribution < 1.29 is 19.1 Å². The van der Waals surface area contributed by atoms with Crippen LogP contribution in [0.4, 0.5) is 4.79 Å². The van der Waals surface area contributed by atoms with Crippen LogP contribution >= 0.6 is 0 Å². The number of carbonyl (C=O) groups is 3. The van der Waals surface area contributed by atoms with Gasteiger partial charge >= 0.3 is 11.8 Å². The lowest BCUT2D eigenvalue weighted by Gasteiger charge is -2.35. The maximum atomic E-state index is 13.3. The fraction of sp³-hybridized carbons (Fsp3) is 0.677. The van der Waals surface area contributed by atoms with Crippen LogP contribution in [-0.4, -0.2) is 87.8 Å². The van der Waals surface area contributed by atoms with Gasteiger partial charge in [0.05, 0.1) is 11.0 Å². The van der Waals surface area contributed by atoms with Crippen molar-refractivity contribution >= 4 is 28.9 Å². The fourth-order valence-electron chi connectivity index (χ4n) is 6.79.